The standard InChI is InChI=1S/C15H12ClFN4OS2/c1-8(14(22)18-9-4-5-10(16)11(17)7-9)21-13(19-20-15(21)23)12-3-2-6-24-12/h2-8H,1H3,(H,18,22)(H,20,23)/t8-/m1/s1. The Bertz CT molecular complexity index is 935. The van der Waals surface area contributed by atoms with Crippen LogP contribution in [0.15, 0.2) is 35.7 Å². The summed E-state index contributed by atoms with van der Waals surface area (Å²) >= 11 is 12.4. The van der Waals surface area contributed by atoms with Crippen molar-refractivity contribution in [1.82, 2.24) is 14.8 Å². The number of aromatic nitrogens is 3. The maximum absolute atomic E-state index is 13.5. The van der Waals surface area contributed by atoms with Crippen molar-refractivity contribution < 1.29 is 9.18 Å². The van der Waals surface area contributed by atoms with E-state index in [1.54, 1.807) is 11.5 Å². The van der Waals surface area contributed by atoms with E-state index in [1.807, 2.05) is 17.5 Å². The Hall–Kier alpha value is -2.03. The number of anilines is 1. The van der Waals surface area contributed by atoms with Crippen LogP contribution in [0.5, 0.6) is 0 Å². The number of nitrogens with zero attached hydrogens (tertiary/aromatic N) is 2. The van der Waals surface area contributed by atoms with Gasteiger partial charge in [-0.3, -0.25) is 14.5 Å². The number of hydrogen-bond donors (Lipinski definition) is 2. The Kier molecular flexibility index (Phi) is 4.79. The van der Waals surface area contributed by atoms with Gasteiger partial charge in [0.15, 0.2) is 10.6 Å². The molecule has 0 spiro atoms. The number of thiophene rings is 1. The fraction of sp³-hybridized carbons (Fsp3) is 0.133. The fourth-order valence-electron chi connectivity index (χ4n) is 2.18. The van der Waals surface area contributed by atoms with Crippen molar-refractivity contribution in [2.45, 2.75) is 13.0 Å². The Balaban J connectivity index is 1.88. The van der Waals surface area contributed by atoms with E-state index in [9.17, 15) is 9.18 Å². The van der Waals surface area contributed by atoms with Crippen LogP contribution in [0.2, 0.25) is 5.02 Å². The van der Waals surface area contributed by atoms with Gasteiger partial charge in [0.25, 0.3) is 0 Å². The van der Waals surface area contributed by atoms with E-state index < -0.39 is 11.9 Å². The first-order valence-electron chi connectivity index (χ1n) is 6.94. The number of hydrogen-bond acceptors (Lipinski definition) is 4. The summed E-state index contributed by atoms with van der Waals surface area (Å²) in [5.74, 6) is -0.353. The minimum Gasteiger partial charge on any atom is -0.324 e. The van der Waals surface area contributed by atoms with Gasteiger partial charge in [-0.15, -0.1) is 11.3 Å². The quantitative estimate of drug-likeness (QED) is 0.645. The topological polar surface area (TPSA) is 62.7 Å². The summed E-state index contributed by atoms with van der Waals surface area (Å²) in [6.45, 7) is 1.70. The van der Waals surface area contributed by atoms with E-state index in [0.717, 1.165) is 4.88 Å². The lowest BCUT2D eigenvalue weighted by Crippen LogP contribution is -2.24. The van der Waals surface area contributed by atoms with Crippen molar-refractivity contribution in [3.05, 3.63) is 51.3 Å². The van der Waals surface area contributed by atoms with Crippen LogP contribution in [0.25, 0.3) is 10.7 Å². The van der Waals surface area contributed by atoms with Crippen molar-refractivity contribution in [2.75, 3.05) is 5.32 Å². The number of carbonyl (C=O) groups excluding carboxylic acids is 1. The van der Waals surface area contributed by atoms with E-state index in [0.29, 0.717) is 16.3 Å². The van der Waals surface area contributed by atoms with Gasteiger partial charge in [-0.05, 0) is 48.8 Å². The second-order valence-electron chi connectivity index (χ2n) is 4.99. The number of amides is 1. The highest BCUT2D eigenvalue weighted by Gasteiger charge is 2.21. The minimum absolute atomic E-state index is 0.00177. The van der Waals surface area contributed by atoms with Crippen molar-refractivity contribution in [1.29, 1.82) is 0 Å². The molecule has 1 amide bonds. The van der Waals surface area contributed by atoms with Gasteiger partial charge in [0.05, 0.1) is 9.90 Å². The molecule has 0 bridgehead atoms. The van der Waals surface area contributed by atoms with Gasteiger partial charge >= 0.3 is 0 Å². The zero-order chi connectivity index (χ0) is 17.3. The Morgan fingerprint density at radius 1 is 1.50 bits per heavy atom. The first-order valence-corrected chi connectivity index (χ1v) is 8.60. The molecule has 124 valence electrons. The van der Waals surface area contributed by atoms with Gasteiger partial charge in [-0.25, -0.2) is 4.39 Å². The second-order valence-corrected chi connectivity index (χ2v) is 6.74. The molecule has 5 nitrogen and oxygen atoms in total. The maximum atomic E-state index is 13.5. The first-order chi connectivity index (χ1) is 11.5. The zero-order valence-corrected chi connectivity index (χ0v) is 14.8. The number of nitrogens with one attached hydrogen (secondary N) is 2. The molecule has 0 aliphatic heterocycles. The van der Waals surface area contributed by atoms with Crippen LogP contribution in [-0.2, 0) is 4.79 Å². The van der Waals surface area contributed by atoms with E-state index in [-0.39, 0.29) is 10.9 Å². The molecule has 0 radical (unpaired) electrons. The third kappa shape index (κ3) is 3.26. The second kappa shape index (κ2) is 6.84. The van der Waals surface area contributed by atoms with Crippen LogP contribution < -0.4 is 5.32 Å². The van der Waals surface area contributed by atoms with Crippen molar-refractivity contribution in [3.63, 3.8) is 0 Å². The van der Waals surface area contributed by atoms with Crippen molar-refractivity contribution in [3.8, 4) is 10.7 Å². The van der Waals surface area contributed by atoms with E-state index in [4.69, 9.17) is 23.8 Å². The highest BCUT2D eigenvalue weighted by atomic mass is 35.5. The molecule has 1 aromatic carbocycles. The Labute approximate surface area is 151 Å². The highest BCUT2D eigenvalue weighted by Crippen LogP contribution is 2.26. The molecule has 2 heterocycles. The number of benzene rings is 1. The third-order valence-corrected chi connectivity index (χ3v) is 4.86. The number of rotatable bonds is 4. The van der Waals surface area contributed by atoms with Gasteiger partial charge in [-0.2, -0.15) is 5.10 Å². The molecule has 1 atom stereocenters. The predicted molar refractivity (Wildman–Crippen MR) is 95.5 cm³/mol. The molecule has 24 heavy (non-hydrogen) atoms. The number of carbonyl (C=O) groups is 1. The SMILES string of the molecule is C[C@H](C(=O)Nc1ccc(Cl)c(F)c1)n1c(-c2cccs2)n[nH]c1=S. The van der Waals surface area contributed by atoms with Crippen molar-refractivity contribution in [2.24, 2.45) is 0 Å². The molecule has 0 aliphatic carbocycles. The van der Waals surface area contributed by atoms with Crippen LogP contribution in [0, 0.1) is 10.6 Å². The van der Waals surface area contributed by atoms with Gasteiger partial charge in [-0.1, -0.05) is 17.7 Å². The van der Waals surface area contributed by atoms with Gasteiger partial charge in [0.1, 0.15) is 11.9 Å². The summed E-state index contributed by atoms with van der Waals surface area (Å²) < 4.78 is 15.5. The zero-order valence-electron chi connectivity index (χ0n) is 12.4. The van der Waals surface area contributed by atoms with Crippen LogP contribution >= 0.6 is 35.2 Å². The molecule has 9 heteroatoms. The van der Waals surface area contributed by atoms with Crippen LogP contribution in [0.4, 0.5) is 10.1 Å². The van der Waals surface area contributed by atoms with Crippen LogP contribution in [0.3, 0.4) is 0 Å². The minimum atomic E-state index is -0.632. The lowest BCUT2D eigenvalue weighted by atomic mass is 10.2. The molecular formula is C15H12ClFN4OS2. The predicted octanol–water partition coefficient (Wildman–Crippen LogP) is 4.66. The molecular weight excluding hydrogens is 371 g/mol. The summed E-state index contributed by atoms with van der Waals surface area (Å²) in [6.07, 6.45) is 0. The average Bonchev–Trinajstić information content (AvgIpc) is 3.19. The monoisotopic (exact) mass is 382 g/mol. The molecule has 0 unspecified atom stereocenters. The van der Waals surface area contributed by atoms with Gasteiger partial charge in [0.2, 0.25) is 5.91 Å². The molecule has 2 aromatic heterocycles. The summed E-state index contributed by atoms with van der Waals surface area (Å²) in [7, 11) is 0. The fourth-order valence-corrected chi connectivity index (χ4v) is 3.30. The number of H-pyrrole nitrogens is 1. The molecule has 3 aromatic rings. The van der Waals surface area contributed by atoms with Gasteiger partial charge < -0.3 is 5.32 Å². The lowest BCUT2D eigenvalue weighted by molar-refractivity contribution is -0.118. The van der Waals surface area contributed by atoms with Crippen LogP contribution in [0.1, 0.15) is 13.0 Å². The number of halogens is 2. The van der Waals surface area contributed by atoms with Crippen LogP contribution in [-0.4, -0.2) is 20.7 Å². The number of aromatic amines is 1. The molecule has 3 rings (SSSR count). The summed E-state index contributed by atoms with van der Waals surface area (Å²) in [5.41, 5.74) is 0.321. The highest BCUT2D eigenvalue weighted by molar-refractivity contribution is 7.71. The van der Waals surface area contributed by atoms with E-state index in [1.165, 1.54) is 29.5 Å². The Morgan fingerprint density at radius 3 is 2.96 bits per heavy atom. The molecule has 2 N–H and O–H groups in total. The van der Waals surface area contributed by atoms with E-state index >= 15 is 0 Å². The smallest absolute Gasteiger partial charge is 0.247 e. The molecule has 0 saturated carbocycles. The Morgan fingerprint density at radius 2 is 2.29 bits per heavy atom. The maximum Gasteiger partial charge on any atom is 0.247 e. The molecule has 0 aliphatic rings. The lowest BCUT2D eigenvalue weighted by Gasteiger charge is -2.15. The summed E-state index contributed by atoms with van der Waals surface area (Å²) in [6, 6.07) is 7.24. The summed E-state index contributed by atoms with van der Waals surface area (Å²) in [4.78, 5) is 13.4. The average molecular weight is 383 g/mol. The van der Waals surface area contributed by atoms with E-state index in [2.05, 4.69) is 15.5 Å². The third-order valence-electron chi connectivity index (χ3n) is 3.40. The largest absolute Gasteiger partial charge is 0.324 e. The molecule has 0 saturated heterocycles. The molecule has 0 fully saturated rings. The first kappa shape index (κ1) is 16.8. The normalized spacial score (nSPS) is 12.1. The van der Waals surface area contributed by atoms with Gasteiger partial charge in [0, 0.05) is 5.69 Å². The van der Waals surface area contributed by atoms with Crippen molar-refractivity contribution >= 4 is 46.8 Å². The summed E-state index contributed by atoms with van der Waals surface area (Å²) in [5, 5.41) is 11.5.